The summed E-state index contributed by atoms with van der Waals surface area (Å²) in [5.74, 6) is -1.60. The van der Waals surface area contributed by atoms with Crippen LogP contribution in [0, 0.1) is 0 Å². The van der Waals surface area contributed by atoms with E-state index in [2.05, 4.69) is 4.74 Å². The molecule has 2 N–H and O–H groups in total. The largest absolute Gasteiger partial charge is 0.478 e. The van der Waals surface area contributed by atoms with Gasteiger partial charge in [0.25, 0.3) is 0 Å². The smallest absolute Gasteiger partial charge is 0.415 e. The van der Waals surface area contributed by atoms with Gasteiger partial charge in [0.1, 0.15) is 18.9 Å². The van der Waals surface area contributed by atoms with Crippen LogP contribution in [-0.4, -0.2) is 29.8 Å². The monoisotopic (exact) mass is 351 g/mol. The highest BCUT2D eigenvalue weighted by Crippen LogP contribution is 2.22. The Hall–Kier alpha value is -3.16. The summed E-state index contributed by atoms with van der Waals surface area (Å²) in [5.41, 5.74) is 0.523. The lowest BCUT2D eigenvalue weighted by Gasteiger charge is -2.18. The SMILES string of the molecule is O=C(NCC(F)(F)Oc1cccc(C(=O)O)c1)OCc1ccccc1. The van der Waals surface area contributed by atoms with Gasteiger partial charge < -0.3 is 19.9 Å². The zero-order valence-electron chi connectivity index (χ0n) is 12.9. The fourth-order valence-electron chi connectivity index (χ4n) is 1.85. The highest BCUT2D eigenvalue weighted by molar-refractivity contribution is 5.88. The maximum atomic E-state index is 13.7. The molecule has 0 atom stereocenters. The van der Waals surface area contributed by atoms with E-state index in [1.807, 2.05) is 5.32 Å². The molecule has 25 heavy (non-hydrogen) atoms. The van der Waals surface area contributed by atoms with Gasteiger partial charge in [-0.05, 0) is 23.8 Å². The number of carboxylic acids is 1. The van der Waals surface area contributed by atoms with E-state index in [1.54, 1.807) is 30.3 Å². The van der Waals surface area contributed by atoms with Gasteiger partial charge in [0.05, 0.1) is 5.56 Å². The third-order valence-corrected chi connectivity index (χ3v) is 3.00. The van der Waals surface area contributed by atoms with Crippen LogP contribution < -0.4 is 10.1 Å². The summed E-state index contributed by atoms with van der Waals surface area (Å²) in [6, 6.07) is 13.4. The molecule has 0 aliphatic heterocycles. The summed E-state index contributed by atoms with van der Waals surface area (Å²) in [5, 5.41) is 10.7. The predicted octanol–water partition coefficient (Wildman–Crippen LogP) is 3.28. The number of carbonyl (C=O) groups is 2. The van der Waals surface area contributed by atoms with Crippen LogP contribution in [0.2, 0.25) is 0 Å². The van der Waals surface area contributed by atoms with E-state index < -0.39 is 24.7 Å². The summed E-state index contributed by atoms with van der Waals surface area (Å²) in [4.78, 5) is 22.3. The van der Waals surface area contributed by atoms with Crippen molar-refractivity contribution in [2.45, 2.75) is 12.7 Å². The first-order valence-corrected chi connectivity index (χ1v) is 7.20. The molecular formula is C17H15F2NO5. The van der Waals surface area contributed by atoms with Gasteiger partial charge in [-0.1, -0.05) is 36.4 Å². The zero-order valence-corrected chi connectivity index (χ0v) is 12.9. The van der Waals surface area contributed by atoms with Crippen LogP contribution in [0.5, 0.6) is 5.75 Å². The molecule has 132 valence electrons. The molecule has 0 heterocycles. The highest BCUT2D eigenvalue weighted by atomic mass is 19.3. The standard InChI is InChI=1S/C17H15F2NO5/c18-17(19,25-14-8-4-7-13(9-14)15(21)22)11-20-16(23)24-10-12-5-2-1-3-6-12/h1-9H,10-11H2,(H,20,23)(H,21,22). The van der Waals surface area contributed by atoms with Gasteiger partial charge >= 0.3 is 18.2 Å². The number of nitrogens with one attached hydrogen (secondary N) is 1. The molecule has 0 bridgehead atoms. The number of benzene rings is 2. The zero-order chi connectivity index (χ0) is 18.3. The van der Waals surface area contributed by atoms with Gasteiger partial charge in [-0.3, -0.25) is 0 Å². The summed E-state index contributed by atoms with van der Waals surface area (Å²) >= 11 is 0. The van der Waals surface area contributed by atoms with Crippen molar-refractivity contribution in [2.75, 3.05) is 6.54 Å². The number of hydrogen-bond acceptors (Lipinski definition) is 4. The summed E-state index contributed by atoms with van der Waals surface area (Å²) < 4.78 is 36.7. The molecule has 0 saturated heterocycles. The average molecular weight is 351 g/mol. The first-order chi connectivity index (χ1) is 11.9. The summed E-state index contributed by atoms with van der Waals surface area (Å²) in [6.45, 7) is -1.18. The minimum absolute atomic E-state index is 0.0558. The Labute approximate surface area is 142 Å². The number of hydrogen-bond donors (Lipinski definition) is 2. The third kappa shape index (κ3) is 6.09. The van der Waals surface area contributed by atoms with Gasteiger partial charge in [0.2, 0.25) is 0 Å². The van der Waals surface area contributed by atoms with E-state index in [1.165, 1.54) is 18.2 Å². The highest BCUT2D eigenvalue weighted by Gasteiger charge is 2.32. The number of alkyl halides is 2. The molecule has 8 heteroatoms. The molecule has 6 nitrogen and oxygen atoms in total. The van der Waals surface area contributed by atoms with Crippen LogP contribution in [0.1, 0.15) is 15.9 Å². The number of rotatable bonds is 7. The number of carbonyl (C=O) groups excluding carboxylic acids is 1. The first-order valence-electron chi connectivity index (χ1n) is 7.20. The number of carboxylic acid groups (broad SMARTS) is 1. The van der Waals surface area contributed by atoms with E-state index >= 15 is 0 Å². The van der Waals surface area contributed by atoms with Crippen LogP contribution >= 0.6 is 0 Å². The molecule has 2 aromatic carbocycles. The molecule has 0 spiro atoms. The second-order valence-electron chi connectivity index (χ2n) is 4.99. The number of halogens is 2. The summed E-state index contributed by atoms with van der Waals surface area (Å²) in [6.07, 6.45) is -4.76. The van der Waals surface area contributed by atoms with Crippen LogP contribution in [-0.2, 0) is 11.3 Å². The Bertz CT molecular complexity index is 737. The van der Waals surface area contributed by atoms with Gasteiger partial charge in [-0.25, -0.2) is 9.59 Å². The lowest BCUT2D eigenvalue weighted by Crippen LogP contribution is -2.40. The number of aromatic carboxylic acids is 1. The molecule has 2 aromatic rings. The Balaban J connectivity index is 1.83. The van der Waals surface area contributed by atoms with Gasteiger partial charge in [0, 0.05) is 0 Å². The van der Waals surface area contributed by atoms with Crippen molar-refractivity contribution in [1.82, 2.24) is 5.32 Å². The number of amides is 1. The van der Waals surface area contributed by atoms with Crippen molar-refractivity contribution in [3.63, 3.8) is 0 Å². The van der Waals surface area contributed by atoms with Gasteiger partial charge in [-0.15, -0.1) is 0 Å². The van der Waals surface area contributed by atoms with Gasteiger partial charge in [0.15, 0.2) is 0 Å². The van der Waals surface area contributed by atoms with Crippen molar-refractivity contribution in [2.24, 2.45) is 0 Å². The number of alkyl carbamates (subject to hydrolysis) is 1. The second-order valence-corrected chi connectivity index (χ2v) is 4.99. The van der Waals surface area contributed by atoms with Crippen LogP contribution in [0.25, 0.3) is 0 Å². The number of ether oxygens (including phenoxy) is 2. The van der Waals surface area contributed by atoms with Crippen LogP contribution in [0.4, 0.5) is 13.6 Å². The molecule has 0 fully saturated rings. The normalized spacial score (nSPS) is 10.8. The van der Waals surface area contributed by atoms with E-state index in [0.717, 1.165) is 6.07 Å². The maximum Gasteiger partial charge on any atom is 0.415 e. The molecule has 0 radical (unpaired) electrons. The predicted molar refractivity (Wildman–Crippen MR) is 83.6 cm³/mol. The van der Waals surface area contributed by atoms with Crippen molar-refractivity contribution in [3.8, 4) is 5.75 Å². The molecular weight excluding hydrogens is 336 g/mol. The Morgan fingerprint density at radius 3 is 2.48 bits per heavy atom. The molecule has 0 aromatic heterocycles. The van der Waals surface area contributed by atoms with Crippen molar-refractivity contribution >= 4 is 12.1 Å². The fourth-order valence-corrected chi connectivity index (χ4v) is 1.85. The second kappa shape index (κ2) is 8.09. The van der Waals surface area contributed by atoms with E-state index in [0.29, 0.717) is 5.56 Å². The molecule has 1 amide bonds. The van der Waals surface area contributed by atoms with Crippen molar-refractivity contribution in [1.29, 1.82) is 0 Å². The van der Waals surface area contributed by atoms with Crippen LogP contribution in [0.15, 0.2) is 54.6 Å². The van der Waals surface area contributed by atoms with Crippen LogP contribution in [0.3, 0.4) is 0 Å². The quantitative estimate of drug-likeness (QED) is 0.800. The van der Waals surface area contributed by atoms with Crippen molar-refractivity contribution < 1.29 is 33.0 Å². The fraction of sp³-hybridized carbons (Fsp3) is 0.176. The maximum absolute atomic E-state index is 13.7. The van der Waals surface area contributed by atoms with E-state index in [9.17, 15) is 18.4 Å². The average Bonchev–Trinajstić information content (AvgIpc) is 2.59. The molecule has 2 rings (SSSR count). The lowest BCUT2D eigenvalue weighted by molar-refractivity contribution is -0.170. The Kier molecular flexibility index (Phi) is 5.89. The Morgan fingerprint density at radius 2 is 1.80 bits per heavy atom. The lowest BCUT2D eigenvalue weighted by atomic mass is 10.2. The minimum atomic E-state index is -3.73. The molecule has 0 aliphatic rings. The molecule has 0 aliphatic carbocycles. The first kappa shape index (κ1) is 18.2. The van der Waals surface area contributed by atoms with Crippen molar-refractivity contribution in [3.05, 3.63) is 65.7 Å². The minimum Gasteiger partial charge on any atom is -0.478 e. The van der Waals surface area contributed by atoms with E-state index in [4.69, 9.17) is 9.84 Å². The topological polar surface area (TPSA) is 84.9 Å². The van der Waals surface area contributed by atoms with Gasteiger partial charge in [-0.2, -0.15) is 8.78 Å². The Morgan fingerprint density at radius 1 is 1.08 bits per heavy atom. The third-order valence-electron chi connectivity index (χ3n) is 3.00. The molecule has 0 unspecified atom stereocenters. The summed E-state index contributed by atoms with van der Waals surface area (Å²) in [7, 11) is 0. The van der Waals surface area contributed by atoms with E-state index in [-0.39, 0.29) is 17.9 Å². The molecule has 0 saturated carbocycles.